The zero-order valence-corrected chi connectivity index (χ0v) is 24.0. The third kappa shape index (κ3) is 5.29. The largest absolute Gasteiger partial charge is 0.334 e. The highest BCUT2D eigenvalue weighted by Crippen LogP contribution is 2.32. The highest BCUT2D eigenvalue weighted by molar-refractivity contribution is 9.10. The van der Waals surface area contributed by atoms with E-state index in [2.05, 4.69) is 21.2 Å². The Morgan fingerprint density at radius 1 is 1.10 bits per heavy atom. The van der Waals surface area contributed by atoms with Crippen LogP contribution in [0.25, 0.3) is 10.8 Å². The summed E-state index contributed by atoms with van der Waals surface area (Å²) in [6, 6.07) is 14.9. The Labute approximate surface area is 240 Å². The molecular weight excluding hydrogens is 582 g/mol. The molecule has 0 saturated carbocycles. The predicted molar refractivity (Wildman–Crippen MR) is 151 cm³/mol. The van der Waals surface area contributed by atoms with Crippen LogP contribution in [0.2, 0.25) is 0 Å². The first-order valence-corrected chi connectivity index (χ1v) is 14.2. The summed E-state index contributed by atoms with van der Waals surface area (Å²) in [5.74, 6) is -2.01. The van der Waals surface area contributed by atoms with Gasteiger partial charge in [0, 0.05) is 29.5 Å². The average molecular weight is 614 g/mol. The van der Waals surface area contributed by atoms with Crippen LogP contribution in [-0.4, -0.2) is 57.8 Å². The summed E-state index contributed by atoms with van der Waals surface area (Å²) in [4.78, 5) is 45.3. The lowest BCUT2D eigenvalue weighted by molar-refractivity contribution is -0.170. The van der Waals surface area contributed by atoms with Gasteiger partial charge in [-0.25, -0.2) is 13.6 Å². The fraction of sp³-hybridized carbons (Fsp3) is 0.367. The maximum absolute atomic E-state index is 14.4. The number of benzene rings is 3. The van der Waals surface area contributed by atoms with Gasteiger partial charge in [0.25, 0.3) is 0 Å². The van der Waals surface area contributed by atoms with Gasteiger partial charge in [-0.3, -0.25) is 9.59 Å². The molecule has 2 aliphatic heterocycles. The summed E-state index contributed by atoms with van der Waals surface area (Å²) in [6.07, 6.45) is 0.0326. The van der Waals surface area contributed by atoms with Crippen LogP contribution in [0.1, 0.15) is 37.8 Å². The molecule has 40 heavy (non-hydrogen) atoms. The number of halogens is 3. The number of amides is 4. The van der Waals surface area contributed by atoms with Crippen molar-refractivity contribution in [2.75, 3.05) is 13.1 Å². The van der Waals surface area contributed by atoms with E-state index in [1.807, 2.05) is 56.3 Å². The van der Waals surface area contributed by atoms with Crippen LogP contribution < -0.4 is 5.32 Å². The second kappa shape index (κ2) is 11.5. The molecule has 0 aliphatic carbocycles. The minimum Gasteiger partial charge on any atom is -0.334 e. The lowest BCUT2D eigenvalue weighted by Gasteiger charge is -2.53. The van der Waals surface area contributed by atoms with E-state index in [0.717, 1.165) is 28.5 Å². The van der Waals surface area contributed by atoms with Gasteiger partial charge in [0.1, 0.15) is 23.8 Å². The van der Waals surface area contributed by atoms with Crippen LogP contribution in [-0.2, 0) is 22.7 Å². The van der Waals surface area contributed by atoms with E-state index in [9.17, 15) is 23.2 Å². The second-order valence-corrected chi connectivity index (χ2v) is 11.3. The van der Waals surface area contributed by atoms with E-state index in [1.54, 1.807) is 9.80 Å². The van der Waals surface area contributed by atoms with E-state index >= 15 is 0 Å². The molecule has 2 saturated heterocycles. The SMILES string of the molecule is CC[C@H](C)[C@H]1C(=O)N(Cc2cccc3ccccc23)C[C@@H]2N(C(=O)NCc3c(F)cc(Br)cc3F)CCC(=O)N12. The molecule has 0 aromatic heterocycles. The molecule has 4 amide bonds. The van der Waals surface area contributed by atoms with Crippen LogP contribution in [0.3, 0.4) is 0 Å². The molecule has 3 aromatic carbocycles. The second-order valence-electron chi connectivity index (χ2n) is 10.4. The first kappa shape index (κ1) is 28.0. The first-order valence-electron chi connectivity index (χ1n) is 13.4. The Morgan fingerprint density at radius 2 is 1.80 bits per heavy atom. The molecule has 0 spiro atoms. The summed E-state index contributed by atoms with van der Waals surface area (Å²) in [5, 5.41) is 4.72. The fourth-order valence-corrected chi connectivity index (χ4v) is 6.10. The molecule has 2 fully saturated rings. The summed E-state index contributed by atoms with van der Waals surface area (Å²) in [5.41, 5.74) is 0.720. The maximum atomic E-state index is 14.4. The van der Waals surface area contributed by atoms with Crippen molar-refractivity contribution in [1.29, 1.82) is 0 Å². The minimum atomic E-state index is -0.774. The molecule has 7 nitrogen and oxygen atoms in total. The van der Waals surface area contributed by atoms with Gasteiger partial charge < -0.3 is 20.0 Å². The van der Waals surface area contributed by atoms with Gasteiger partial charge in [-0.1, -0.05) is 78.7 Å². The zero-order chi connectivity index (χ0) is 28.6. The maximum Gasteiger partial charge on any atom is 0.319 e. The standard InChI is InChI=1S/C30H31BrF2N4O3/c1-3-18(2)28-29(39)35(16-20-9-6-8-19-7-4-5-10-22(19)20)17-26-36(12-11-27(38)37(26)28)30(40)34-15-23-24(32)13-21(31)14-25(23)33/h4-10,13-14,18,26,28H,3,11-12,15-17H2,1-2H3,(H,34,40)/t18-,26+,28-/m0/s1. The number of hydrogen-bond donors (Lipinski definition) is 1. The van der Waals surface area contributed by atoms with Crippen molar-refractivity contribution in [1.82, 2.24) is 20.0 Å². The number of rotatable bonds is 6. The Hall–Kier alpha value is -3.53. The number of carbonyl (C=O) groups is 3. The Balaban J connectivity index is 1.43. The van der Waals surface area contributed by atoms with Crippen LogP contribution in [0.4, 0.5) is 13.6 Å². The highest BCUT2D eigenvalue weighted by Gasteiger charge is 2.50. The summed E-state index contributed by atoms with van der Waals surface area (Å²) in [7, 11) is 0. The molecule has 0 unspecified atom stereocenters. The van der Waals surface area contributed by atoms with Gasteiger partial charge in [0.15, 0.2) is 0 Å². The molecule has 2 heterocycles. The van der Waals surface area contributed by atoms with Crippen molar-refractivity contribution in [3.8, 4) is 0 Å². The average Bonchev–Trinajstić information content (AvgIpc) is 2.93. The third-order valence-corrected chi connectivity index (χ3v) is 8.45. The number of nitrogens with one attached hydrogen (secondary N) is 1. The van der Waals surface area contributed by atoms with Gasteiger partial charge in [-0.2, -0.15) is 0 Å². The molecule has 0 radical (unpaired) electrons. The number of carbonyl (C=O) groups excluding carboxylic acids is 3. The molecule has 5 rings (SSSR count). The number of piperazine rings is 1. The summed E-state index contributed by atoms with van der Waals surface area (Å²) >= 11 is 3.06. The lowest BCUT2D eigenvalue weighted by atomic mass is 9.91. The summed E-state index contributed by atoms with van der Waals surface area (Å²) < 4.78 is 29.0. The van der Waals surface area contributed by atoms with E-state index in [1.165, 1.54) is 4.90 Å². The minimum absolute atomic E-state index is 0.0640. The van der Waals surface area contributed by atoms with Gasteiger partial charge in [0.05, 0.1) is 13.1 Å². The van der Waals surface area contributed by atoms with Crippen LogP contribution in [0, 0.1) is 17.6 Å². The lowest BCUT2D eigenvalue weighted by Crippen LogP contribution is -2.72. The summed E-state index contributed by atoms with van der Waals surface area (Å²) in [6.45, 7) is 4.16. The highest BCUT2D eigenvalue weighted by atomic mass is 79.9. The third-order valence-electron chi connectivity index (χ3n) is 7.99. The van der Waals surface area contributed by atoms with E-state index < -0.39 is 29.9 Å². The van der Waals surface area contributed by atoms with Crippen molar-refractivity contribution in [3.05, 3.63) is 81.8 Å². The molecule has 0 bridgehead atoms. The van der Waals surface area contributed by atoms with Crippen LogP contribution in [0.15, 0.2) is 59.1 Å². The van der Waals surface area contributed by atoms with Crippen molar-refractivity contribution < 1.29 is 23.2 Å². The van der Waals surface area contributed by atoms with E-state index in [4.69, 9.17) is 0 Å². The number of fused-ring (bicyclic) bond motifs is 2. The molecule has 3 atom stereocenters. The van der Waals surface area contributed by atoms with Crippen LogP contribution in [0.5, 0.6) is 0 Å². The number of urea groups is 1. The topological polar surface area (TPSA) is 73.0 Å². The Morgan fingerprint density at radius 3 is 2.52 bits per heavy atom. The van der Waals surface area contributed by atoms with Crippen LogP contribution >= 0.6 is 15.9 Å². The van der Waals surface area contributed by atoms with Crippen molar-refractivity contribution in [2.45, 2.75) is 52.0 Å². The fourth-order valence-electron chi connectivity index (χ4n) is 5.69. The monoisotopic (exact) mass is 612 g/mol. The number of hydrogen-bond acceptors (Lipinski definition) is 3. The Kier molecular flexibility index (Phi) is 8.07. The van der Waals surface area contributed by atoms with Crippen molar-refractivity contribution in [2.24, 2.45) is 5.92 Å². The molecule has 10 heteroatoms. The number of nitrogens with zero attached hydrogens (tertiary/aromatic N) is 3. The van der Waals surface area contributed by atoms with E-state index in [0.29, 0.717) is 13.0 Å². The van der Waals surface area contributed by atoms with Crippen molar-refractivity contribution in [3.63, 3.8) is 0 Å². The smallest absolute Gasteiger partial charge is 0.319 e. The van der Waals surface area contributed by atoms with E-state index in [-0.39, 0.29) is 53.8 Å². The van der Waals surface area contributed by atoms with Crippen molar-refractivity contribution >= 4 is 44.5 Å². The van der Waals surface area contributed by atoms with Gasteiger partial charge in [-0.15, -0.1) is 0 Å². The normalized spacial score (nSPS) is 20.1. The predicted octanol–water partition coefficient (Wildman–Crippen LogP) is 5.41. The molecule has 1 N–H and O–H groups in total. The zero-order valence-electron chi connectivity index (χ0n) is 22.4. The quantitative estimate of drug-likeness (QED) is 0.405. The van der Waals surface area contributed by atoms with Gasteiger partial charge in [0.2, 0.25) is 11.8 Å². The molecule has 210 valence electrons. The Bertz CT molecular complexity index is 1440. The van der Waals surface area contributed by atoms with Gasteiger partial charge in [-0.05, 0) is 34.4 Å². The molecular formula is C30H31BrF2N4O3. The first-order chi connectivity index (χ1) is 19.2. The molecule has 3 aromatic rings. The molecule has 2 aliphatic rings. The van der Waals surface area contributed by atoms with Gasteiger partial charge >= 0.3 is 6.03 Å².